The van der Waals surface area contributed by atoms with Gasteiger partial charge in [-0.2, -0.15) is 13.0 Å². The molecule has 2 saturated heterocycles. The standard InChI is InChI=1S/2C22H25FN8O2S/c1-15-17-14-26-22(21-24-5-3-6-25-21)27-18(17)4-7-31(15)20-13-16(12-19(23)28-20)29-8-10-30(11-9-29)34(2,32)33;1-15-17-14-26-22(21-24-5-3-6-25-21)27-18(17)4-7-31(15)20-13-16(23)12-19(28-20)29-8-10-30(11-9-29)34(2,32)33/h2*3,5-6,12-15H,4,7-11H2,1-2H3. The summed E-state index contributed by atoms with van der Waals surface area (Å²) in [6.45, 7) is 8.64. The van der Waals surface area contributed by atoms with Crippen molar-refractivity contribution in [2.75, 3.05) is 97.6 Å². The van der Waals surface area contributed by atoms with Gasteiger partial charge < -0.3 is 19.6 Å². The van der Waals surface area contributed by atoms with Crippen LogP contribution in [0.5, 0.6) is 0 Å². The minimum absolute atomic E-state index is 0.0984. The van der Waals surface area contributed by atoms with Crippen LogP contribution in [0, 0.1) is 11.8 Å². The maximum atomic E-state index is 14.6. The second-order valence-corrected chi connectivity index (χ2v) is 20.8. The fourth-order valence-corrected chi connectivity index (χ4v) is 10.6. The van der Waals surface area contributed by atoms with E-state index in [1.165, 1.54) is 39.3 Å². The molecule has 68 heavy (non-hydrogen) atoms. The lowest BCUT2D eigenvalue weighted by molar-refractivity contribution is 0.386. The molecule has 0 radical (unpaired) electrons. The molecular formula is C44H50F2N16O4S2. The van der Waals surface area contributed by atoms with Crippen LogP contribution >= 0.6 is 0 Å². The maximum Gasteiger partial charge on any atom is 0.216 e. The van der Waals surface area contributed by atoms with Gasteiger partial charge in [0.05, 0.1) is 36.0 Å². The SMILES string of the molecule is CC1c2cnc(-c3ncccn3)nc2CCN1c1cc(F)cc(N2CCN(S(C)(=O)=O)CC2)n1.CC1c2cnc(-c3ncccn3)nc2CCN1c1cc(N2CCN(S(C)(=O)=O)CC2)cc(F)n1. The zero-order valence-electron chi connectivity index (χ0n) is 37.9. The van der Waals surface area contributed by atoms with Crippen molar-refractivity contribution in [3.05, 3.63) is 108 Å². The monoisotopic (exact) mass is 968 g/mol. The van der Waals surface area contributed by atoms with Crippen LogP contribution in [0.25, 0.3) is 23.3 Å². The van der Waals surface area contributed by atoms with E-state index in [1.54, 1.807) is 49.3 Å². The van der Waals surface area contributed by atoms with Gasteiger partial charge in [0.1, 0.15) is 23.3 Å². The molecule has 10 heterocycles. The van der Waals surface area contributed by atoms with Crippen molar-refractivity contribution >= 4 is 43.2 Å². The predicted molar refractivity (Wildman–Crippen MR) is 251 cm³/mol. The fourth-order valence-electron chi connectivity index (χ4n) is 8.90. The number of halogens is 2. The number of hydrogen-bond acceptors (Lipinski definition) is 18. The van der Waals surface area contributed by atoms with Crippen molar-refractivity contribution in [2.45, 2.75) is 38.8 Å². The molecule has 4 aliphatic rings. The highest BCUT2D eigenvalue weighted by Gasteiger charge is 2.32. The first-order valence-electron chi connectivity index (χ1n) is 22.1. The highest BCUT2D eigenvalue weighted by atomic mass is 32.2. The van der Waals surface area contributed by atoms with Gasteiger partial charge in [-0.25, -0.2) is 71.1 Å². The van der Waals surface area contributed by atoms with Gasteiger partial charge in [-0.05, 0) is 26.0 Å². The van der Waals surface area contributed by atoms with Gasteiger partial charge in [0.25, 0.3) is 0 Å². The van der Waals surface area contributed by atoms with Gasteiger partial charge in [0.2, 0.25) is 26.0 Å². The van der Waals surface area contributed by atoms with Crippen molar-refractivity contribution in [1.82, 2.24) is 58.5 Å². The third-order valence-electron chi connectivity index (χ3n) is 12.6. The first-order chi connectivity index (χ1) is 32.6. The average Bonchev–Trinajstić information content (AvgIpc) is 3.34. The number of hydrogen-bond donors (Lipinski definition) is 0. The van der Waals surface area contributed by atoms with Crippen molar-refractivity contribution in [3.63, 3.8) is 0 Å². The second-order valence-electron chi connectivity index (χ2n) is 16.9. The van der Waals surface area contributed by atoms with E-state index < -0.39 is 26.0 Å². The van der Waals surface area contributed by atoms with Gasteiger partial charge in [-0.1, -0.05) is 0 Å². The van der Waals surface area contributed by atoms with Crippen LogP contribution in [0.1, 0.15) is 48.4 Å². The Balaban J connectivity index is 0.000000170. The minimum Gasteiger partial charge on any atom is -0.369 e. The van der Waals surface area contributed by atoms with Gasteiger partial charge in [-0.3, -0.25) is 0 Å². The van der Waals surface area contributed by atoms with Gasteiger partial charge in [-0.15, -0.1) is 0 Å². The molecule has 2 unspecified atom stereocenters. The maximum absolute atomic E-state index is 14.6. The zero-order chi connectivity index (χ0) is 47.7. The number of nitrogens with zero attached hydrogens (tertiary/aromatic N) is 16. The lowest BCUT2D eigenvalue weighted by Gasteiger charge is -2.37. The Bertz CT molecular complexity index is 2800. The minimum atomic E-state index is -3.24. The van der Waals surface area contributed by atoms with E-state index in [2.05, 4.69) is 44.9 Å². The van der Waals surface area contributed by atoms with Crippen molar-refractivity contribution in [2.24, 2.45) is 0 Å². The molecule has 20 nitrogen and oxygen atoms in total. The van der Waals surface area contributed by atoms with Crippen LogP contribution in [-0.4, -0.2) is 153 Å². The predicted octanol–water partition coefficient (Wildman–Crippen LogP) is 3.35. The lowest BCUT2D eigenvalue weighted by atomic mass is 9.99. The Labute approximate surface area is 393 Å². The van der Waals surface area contributed by atoms with E-state index in [0.717, 1.165) is 22.5 Å². The molecule has 0 N–H and O–H groups in total. The Hall–Kier alpha value is -6.50. The molecule has 2 fully saturated rings. The number of aromatic nitrogens is 10. The summed E-state index contributed by atoms with van der Waals surface area (Å²) in [5, 5.41) is 0. The van der Waals surface area contributed by atoms with Gasteiger partial charge in [0, 0.05) is 157 Å². The number of anilines is 4. The van der Waals surface area contributed by atoms with Gasteiger partial charge in [0.15, 0.2) is 23.3 Å². The number of pyridine rings is 2. The average molecular weight is 969 g/mol. The van der Waals surface area contributed by atoms with Crippen LogP contribution < -0.4 is 19.6 Å². The lowest BCUT2D eigenvalue weighted by Crippen LogP contribution is -2.48. The summed E-state index contributed by atoms with van der Waals surface area (Å²) in [5.41, 5.74) is 4.46. The van der Waals surface area contributed by atoms with Crippen LogP contribution in [-0.2, 0) is 32.9 Å². The number of rotatable bonds is 8. The second kappa shape index (κ2) is 19.2. The molecule has 0 amide bonds. The summed E-state index contributed by atoms with van der Waals surface area (Å²) in [7, 11) is -6.47. The Morgan fingerprint density at radius 2 is 0.941 bits per heavy atom. The molecule has 0 spiro atoms. The summed E-state index contributed by atoms with van der Waals surface area (Å²) in [4.78, 5) is 52.1. The van der Waals surface area contributed by atoms with Crippen LogP contribution in [0.4, 0.5) is 31.9 Å². The van der Waals surface area contributed by atoms with E-state index in [0.29, 0.717) is 125 Å². The molecular weight excluding hydrogens is 919 g/mol. The number of sulfonamides is 2. The van der Waals surface area contributed by atoms with Crippen molar-refractivity contribution < 1.29 is 25.6 Å². The highest BCUT2D eigenvalue weighted by molar-refractivity contribution is 7.88. The number of fused-ring (bicyclic) bond motifs is 2. The molecule has 2 atom stereocenters. The molecule has 6 aromatic rings. The summed E-state index contributed by atoms with van der Waals surface area (Å²) < 4.78 is 79.2. The smallest absolute Gasteiger partial charge is 0.216 e. The fraction of sp³-hybridized carbons (Fsp3) is 0.409. The molecule has 4 aliphatic heterocycles. The van der Waals surface area contributed by atoms with E-state index >= 15 is 0 Å². The normalized spacial score (nSPS) is 19.2. The zero-order valence-corrected chi connectivity index (χ0v) is 39.6. The third kappa shape index (κ3) is 10.2. The Morgan fingerprint density at radius 3 is 1.41 bits per heavy atom. The molecule has 10 rings (SSSR count). The molecule has 24 heteroatoms. The summed E-state index contributed by atoms with van der Waals surface area (Å²) in [5.74, 6) is 2.57. The van der Waals surface area contributed by atoms with E-state index in [-0.39, 0.29) is 17.9 Å². The van der Waals surface area contributed by atoms with E-state index in [9.17, 15) is 25.6 Å². The molecule has 6 aromatic heterocycles. The quantitative estimate of drug-likeness (QED) is 0.200. The third-order valence-corrected chi connectivity index (χ3v) is 15.2. The van der Waals surface area contributed by atoms with E-state index in [1.807, 2.05) is 39.5 Å². The summed E-state index contributed by atoms with van der Waals surface area (Å²) >= 11 is 0. The first kappa shape index (κ1) is 46.6. The van der Waals surface area contributed by atoms with Crippen LogP contribution in [0.3, 0.4) is 0 Å². The topological polar surface area (TPSA) is 217 Å². The van der Waals surface area contributed by atoms with E-state index in [4.69, 9.17) is 4.98 Å². The molecule has 0 aromatic carbocycles. The van der Waals surface area contributed by atoms with Crippen LogP contribution in [0.2, 0.25) is 0 Å². The largest absolute Gasteiger partial charge is 0.369 e. The summed E-state index contributed by atoms with van der Waals surface area (Å²) in [6, 6.07) is 9.40. The number of piperazine rings is 2. The molecule has 356 valence electrons. The van der Waals surface area contributed by atoms with Crippen LogP contribution in [0.15, 0.2) is 73.6 Å². The van der Waals surface area contributed by atoms with Crippen molar-refractivity contribution in [1.29, 1.82) is 0 Å². The first-order valence-corrected chi connectivity index (χ1v) is 25.8. The highest BCUT2D eigenvalue weighted by Crippen LogP contribution is 2.36. The van der Waals surface area contributed by atoms with Crippen molar-refractivity contribution in [3.8, 4) is 23.3 Å². The van der Waals surface area contributed by atoms with Gasteiger partial charge >= 0.3 is 0 Å². The molecule has 0 bridgehead atoms. The Kier molecular flexibility index (Phi) is 13.2. The molecule has 0 saturated carbocycles. The summed E-state index contributed by atoms with van der Waals surface area (Å²) in [6.07, 6.45) is 13.9. The Morgan fingerprint density at radius 1 is 0.500 bits per heavy atom. The molecule has 0 aliphatic carbocycles.